The largest absolute Gasteiger partial charge is 0.493 e. The van der Waals surface area contributed by atoms with E-state index in [-0.39, 0.29) is 51.8 Å². The van der Waals surface area contributed by atoms with Crippen LogP contribution >= 0.6 is 22.6 Å². The molecule has 0 saturated heterocycles. The molecule has 0 radical (unpaired) electrons. The smallest absolute Gasteiger partial charge is 0.247 e. The highest BCUT2D eigenvalue weighted by Gasteiger charge is 2.41. The molecule has 238 valence electrons. The Kier molecular flexibility index (Phi) is 10.8. The second-order valence-electron chi connectivity index (χ2n) is 10.7. The number of benzene rings is 3. The molecule has 45 heavy (non-hydrogen) atoms. The number of nitrogens with one attached hydrogen (secondary N) is 1. The molecule has 0 aromatic heterocycles. The molecule has 0 unspecified atom stereocenters. The maximum absolute atomic E-state index is 14.1. The van der Waals surface area contributed by atoms with Crippen molar-refractivity contribution in [2.75, 3.05) is 27.1 Å². The zero-order valence-corrected chi connectivity index (χ0v) is 26.8. The Bertz CT molecular complexity index is 1550. The van der Waals surface area contributed by atoms with Crippen molar-refractivity contribution in [3.63, 3.8) is 0 Å². The molecule has 2 aliphatic rings. The van der Waals surface area contributed by atoms with E-state index in [4.69, 9.17) is 18.9 Å². The predicted octanol–water partition coefficient (Wildman–Crippen LogP) is 2.71. The lowest BCUT2D eigenvalue weighted by Crippen LogP contribution is -2.55. The molecular formula is C33H35IN2O9. The molecule has 3 aromatic rings. The molecule has 1 aliphatic heterocycles. The fraction of sp³-hybridized carbons (Fsp3) is 0.333. The Morgan fingerprint density at radius 1 is 1.02 bits per heavy atom. The lowest BCUT2D eigenvalue weighted by molar-refractivity contribution is -0.138. The quantitative estimate of drug-likeness (QED) is 0.207. The predicted molar refractivity (Wildman–Crippen MR) is 172 cm³/mol. The van der Waals surface area contributed by atoms with E-state index >= 15 is 0 Å². The number of fused-ring (bicyclic) bond motifs is 1. The van der Waals surface area contributed by atoms with E-state index in [2.05, 4.69) is 27.9 Å². The standard InChI is InChI=1S/C33H35IN2O9/c1-42-29-13-22(18-38)11-24(34)32(29)45-28-16-23(33(41)35-9-10-37)15-25(31(28)40)36(30(39)14-20-5-3-2-4-6-20)17-21-7-8-26-27(12-21)44-19-43-26/h2-8,11-13,16,25,28,31,37-38,40H,9-10,14-15,17-19H2,1H3,(H,35,41)/t25-,28+,31+/m1/s1. The highest BCUT2D eigenvalue weighted by atomic mass is 127. The molecule has 11 nitrogen and oxygen atoms in total. The van der Waals surface area contributed by atoms with Gasteiger partial charge in [-0.3, -0.25) is 9.59 Å². The van der Waals surface area contributed by atoms with Crippen LogP contribution in [0, 0.1) is 3.57 Å². The van der Waals surface area contributed by atoms with E-state index in [9.17, 15) is 24.9 Å². The molecule has 2 amide bonds. The summed E-state index contributed by atoms with van der Waals surface area (Å²) in [6.07, 6.45) is -0.634. The lowest BCUT2D eigenvalue weighted by Gasteiger charge is -2.41. The van der Waals surface area contributed by atoms with Gasteiger partial charge in [0.2, 0.25) is 18.6 Å². The fourth-order valence-electron chi connectivity index (χ4n) is 5.39. The second kappa shape index (κ2) is 15.0. The number of nitrogens with zero attached hydrogens (tertiary/aromatic N) is 1. The molecule has 1 heterocycles. The second-order valence-corrected chi connectivity index (χ2v) is 11.8. The number of carbonyl (C=O) groups is 2. The third kappa shape index (κ3) is 7.69. The average Bonchev–Trinajstić information content (AvgIpc) is 3.52. The zero-order chi connectivity index (χ0) is 31.9. The molecule has 3 aromatic carbocycles. The summed E-state index contributed by atoms with van der Waals surface area (Å²) in [4.78, 5) is 28.9. The Labute approximate surface area is 274 Å². The Balaban J connectivity index is 1.52. The number of ether oxygens (including phenoxy) is 4. The third-order valence-corrected chi connectivity index (χ3v) is 8.45. The number of methoxy groups -OCH3 is 1. The van der Waals surface area contributed by atoms with E-state index in [1.165, 1.54) is 7.11 Å². The summed E-state index contributed by atoms with van der Waals surface area (Å²) in [6.45, 7) is -0.183. The fourth-order valence-corrected chi connectivity index (χ4v) is 6.19. The zero-order valence-electron chi connectivity index (χ0n) is 24.6. The van der Waals surface area contributed by atoms with Crippen molar-refractivity contribution in [1.29, 1.82) is 0 Å². The number of amides is 2. The summed E-state index contributed by atoms with van der Waals surface area (Å²) in [5, 5.41) is 33.5. The molecule has 12 heteroatoms. The first-order valence-electron chi connectivity index (χ1n) is 14.4. The van der Waals surface area contributed by atoms with Crippen molar-refractivity contribution < 1.29 is 43.9 Å². The van der Waals surface area contributed by atoms with Crippen LogP contribution < -0.4 is 24.3 Å². The van der Waals surface area contributed by atoms with Gasteiger partial charge in [0.05, 0.1) is 36.4 Å². The van der Waals surface area contributed by atoms with Crippen LogP contribution in [-0.2, 0) is 29.2 Å². The van der Waals surface area contributed by atoms with Crippen LogP contribution in [0.2, 0.25) is 0 Å². The van der Waals surface area contributed by atoms with Crippen molar-refractivity contribution >= 4 is 34.4 Å². The van der Waals surface area contributed by atoms with Gasteiger partial charge < -0.3 is 44.5 Å². The number of halogens is 1. The van der Waals surface area contributed by atoms with Crippen LogP contribution in [-0.4, -0.2) is 77.3 Å². The van der Waals surface area contributed by atoms with E-state index in [0.29, 0.717) is 37.7 Å². The van der Waals surface area contributed by atoms with Crippen molar-refractivity contribution in [2.45, 2.75) is 44.2 Å². The number of rotatable bonds is 12. The average molecular weight is 731 g/mol. The SMILES string of the molecule is COc1cc(CO)cc(I)c1O[C@H]1C=C(C(=O)NCCO)C[C@@H](N(Cc2ccc3c(c2)OCO3)C(=O)Cc2ccccc2)[C@@H]1O. The van der Waals surface area contributed by atoms with Crippen LogP contribution in [0.3, 0.4) is 0 Å². The Morgan fingerprint density at radius 3 is 2.53 bits per heavy atom. The van der Waals surface area contributed by atoms with Gasteiger partial charge in [0.15, 0.2) is 23.0 Å². The normalized spacial score (nSPS) is 18.6. The number of hydrogen-bond acceptors (Lipinski definition) is 9. The molecule has 0 fully saturated rings. The van der Waals surface area contributed by atoms with Crippen LogP contribution in [0.1, 0.15) is 23.1 Å². The highest BCUT2D eigenvalue weighted by Crippen LogP contribution is 2.38. The van der Waals surface area contributed by atoms with Gasteiger partial charge in [0.25, 0.3) is 0 Å². The van der Waals surface area contributed by atoms with Gasteiger partial charge in [-0.2, -0.15) is 0 Å². The van der Waals surface area contributed by atoms with Gasteiger partial charge in [0, 0.05) is 25.1 Å². The van der Waals surface area contributed by atoms with Crippen LogP contribution in [0.5, 0.6) is 23.0 Å². The molecule has 5 rings (SSSR count). The van der Waals surface area contributed by atoms with E-state index in [1.807, 2.05) is 36.4 Å². The van der Waals surface area contributed by atoms with Crippen LogP contribution in [0.4, 0.5) is 0 Å². The molecule has 0 bridgehead atoms. The first kappa shape index (κ1) is 32.5. The van der Waals surface area contributed by atoms with Gasteiger partial charge in [-0.25, -0.2) is 0 Å². The van der Waals surface area contributed by atoms with Crippen LogP contribution in [0.25, 0.3) is 0 Å². The highest BCUT2D eigenvalue weighted by molar-refractivity contribution is 14.1. The summed E-state index contributed by atoms with van der Waals surface area (Å²) in [7, 11) is 1.47. The Hall–Kier alpha value is -3.85. The summed E-state index contributed by atoms with van der Waals surface area (Å²) < 4.78 is 23.5. The minimum atomic E-state index is -1.24. The number of hydrogen-bond donors (Lipinski definition) is 4. The lowest BCUT2D eigenvalue weighted by atomic mass is 9.87. The topological polar surface area (TPSA) is 147 Å². The van der Waals surface area contributed by atoms with Gasteiger partial charge >= 0.3 is 0 Å². The summed E-state index contributed by atoms with van der Waals surface area (Å²) >= 11 is 2.06. The van der Waals surface area contributed by atoms with Crippen LogP contribution in [0.15, 0.2) is 72.3 Å². The Morgan fingerprint density at radius 2 is 1.80 bits per heavy atom. The third-order valence-electron chi connectivity index (χ3n) is 7.65. The molecule has 3 atom stereocenters. The van der Waals surface area contributed by atoms with Gasteiger partial charge in [-0.15, -0.1) is 0 Å². The van der Waals surface area contributed by atoms with Crippen molar-refractivity contribution in [3.8, 4) is 23.0 Å². The maximum Gasteiger partial charge on any atom is 0.247 e. The molecular weight excluding hydrogens is 695 g/mol. The maximum atomic E-state index is 14.1. The number of aliphatic hydroxyl groups excluding tert-OH is 3. The summed E-state index contributed by atoms with van der Waals surface area (Å²) in [5.41, 5.74) is 2.47. The van der Waals surface area contributed by atoms with Gasteiger partial charge in [-0.1, -0.05) is 36.4 Å². The molecule has 0 spiro atoms. The van der Waals surface area contributed by atoms with Crippen molar-refractivity contribution in [1.82, 2.24) is 10.2 Å². The molecule has 1 aliphatic carbocycles. The van der Waals surface area contributed by atoms with E-state index < -0.39 is 24.2 Å². The first-order chi connectivity index (χ1) is 21.8. The number of carbonyl (C=O) groups excluding carboxylic acids is 2. The molecule has 4 N–H and O–H groups in total. The van der Waals surface area contributed by atoms with Gasteiger partial charge in [0.1, 0.15) is 12.2 Å². The molecule has 0 saturated carbocycles. The number of aliphatic hydroxyl groups is 3. The van der Waals surface area contributed by atoms with E-state index in [1.54, 1.807) is 35.2 Å². The van der Waals surface area contributed by atoms with Crippen molar-refractivity contribution in [3.05, 3.63) is 92.6 Å². The monoisotopic (exact) mass is 730 g/mol. The van der Waals surface area contributed by atoms with E-state index in [0.717, 1.165) is 11.1 Å². The first-order valence-corrected chi connectivity index (χ1v) is 15.5. The minimum Gasteiger partial charge on any atom is -0.493 e. The summed E-state index contributed by atoms with van der Waals surface area (Å²) in [5.74, 6) is 1.14. The summed E-state index contributed by atoms with van der Waals surface area (Å²) in [6, 6.07) is 17.2. The minimum absolute atomic E-state index is 0.0388. The van der Waals surface area contributed by atoms with Crippen molar-refractivity contribution in [2.24, 2.45) is 0 Å². The van der Waals surface area contributed by atoms with Gasteiger partial charge in [-0.05, 0) is 69.6 Å².